The smallest absolute Gasteiger partial charge is 0.0724 e. The quantitative estimate of drug-likeness (QED) is 0.511. The number of alkyl halides is 1. The molecular formula is C10H19BrO2. The molecule has 0 aromatic carbocycles. The van der Waals surface area contributed by atoms with Crippen molar-refractivity contribution in [3.05, 3.63) is 0 Å². The minimum absolute atomic E-state index is 0.0665. The molecule has 0 amide bonds. The molecule has 0 saturated heterocycles. The number of ether oxygens (including phenoxy) is 2. The van der Waals surface area contributed by atoms with E-state index in [0.717, 1.165) is 24.5 Å². The van der Waals surface area contributed by atoms with Crippen LogP contribution in [0.5, 0.6) is 0 Å². The molecule has 13 heavy (non-hydrogen) atoms. The Bertz CT molecular complexity index is 144. The third kappa shape index (κ3) is 5.66. The van der Waals surface area contributed by atoms with Gasteiger partial charge < -0.3 is 9.47 Å². The van der Waals surface area contributed by atoms with E-state index in [-0.39, 0.29) is 5.60 Å². The summed E-state index contributed by atoms with van der Waals surface area (Å²) in [5, 5.41) is 0.864. The zero-order chi connectivity index (χ0) is 9.73. The second kappa shape index (κ2) is 5.32. The van der Waals surface area contributed by atoms with Gasteiger partial charge in [0.25, 0.3) is 0 Å². The monoisotopic (exact) mass is 250 g/mol. The fourth-order valence-electron chi connectivity index (χ4n) is 0.950. The highest BCUT2D eigenvalue weighted by Gasteiger charge is 2.21. The largest absolute Gasteiger partial charge is 0.379 e. The third-order valence-corrected chi connectivity index (χ3v) is 3.44. The fraction of sp³-hybridized carbons (Fsp3) is 1.00. The molecule has 0 bridgehead atoms. The van der Waals surface area contributed by atoms with Crippen molar-refractivity contribution in [2.45, 2.75) is 32.3 Å². The predicted molar refractivity (Wildman–Crippen MR) is 57.4 cm³/mol. The molecule has 0 atom stereocenters. The van der Waals surface area contributed by atoms with Gasteiger partial charge in [-0.25, -0.2) is 0 Å². The summed E-state index contributed by atoms with van der Waals surface area (Å²) in [5.41, 5.74) is -0.0665. The van der Waals surface area contributed by atoms with E-state index in [1.807, 2.05) is 0 Å². The molecule has 0 heterocycles. The van der Waals surface area contributed by atoms with Crippen molar-refractivity contribution in [1.29, 1.82) is 0 Å². The van der Waals surface area contributed by atoms with E-state index in [2.05, 4.69) is 29.8 Å². The number of hydrogen-bond donors (Lipinski definition) is 0. The Balaban J connectivity index is 1.87. The van der Waals surface area contributed by atoms with E-state index in [0.29, 0.717) is 6.61 Å². The summed E-state index contributed by atoms with van der Waals surface area (Å²) >= 11 is 3.41. The Morgan fingerprint density at radius 1 is 1.31 bits per heavy atom. The standard InChI is InChI=1S/C10H19BrO2/c1-10(2,8-11)13-6-5-12-7-9-3-4-9/h9H,3-8H2,1-2H3. The van der Waals surface area contributed by atoms with Gasteiger partial charge >= 0.3 is 0 Å². The van der Waals surface area contributed by atoms with E-state index < -0.39 is 0 Å². The molecule has 1 rings (SSSR count). The van der Waals surface area contributed by atoms with E-state index in [9.17, 15) is 0 Å². The van der Waals surface area contributed by atoms with Crippen molar-refractivity contribution in [2.75, 3.05) is 25.2 Å². The lowest BCUT2D eigenvalue weighted by molar-refractivity contribution is -0.0326. The Labute approximate surface area is 89.1 Å². The summed E-state index contributed by atoms with van der Waals surface area (Å²) in [6.45, 7) is 6.50. The maximum atomic E-state index is 5.61. The van der Waals surface area contributed by atoms with Crippen molar-refractivity contribution in [3.63, 3.8) is 0 Å². The highest BCUT2D eigenvalue weighted by molar-refractivity contribution is 9.09. The molecule has 1 aliphatic rings. The Kier molecular flexibility index (Phi) is 4.70. The van der Waals surface area contributed by atoms with Crippen LogP contribution in [0.25, 0.3) is 0 Å². The first-order valence-corrected chi connectivity index (χ1v) is 6.04. The van der Waals surface area contributed by atoms with E-state index >= 15 is 0 Å². The van der Waals surface area contributed by atoms with Crippen LogP contribution in [0.1, 0.15) is 26.7 Å². The molecule has 0 spiro atoms. The molecule has 0 unspecified atom stereocenters. The van der Waals surface area contributed by atoms with Gasteiger partial charge in [-0.1, -0.05) is 15.9 Å². The van der Waals surface area contributed by atoms with Gasteiger partial charge in [-0.05, 0) is 32.6 Å². The lowest BCUT2D eigenvalue weighted by atomic mass is 10.2. The summed E-state index contributed by atoms with van der Waals surface area (Å²) in [6.07, 6.45) is 2.71. The van der Waals surface area contributed by atoms with Gasteiger partial charge in [0.05, 0.1) is 18.8 Å². The van der Waals surface area contributed by atoms with E-state index in [1.54, 1.807) is 0 Å². The fourth-order valence-corrected chi connectivity index (χ4v) is 1.11. The maximum Gasteiger partial charge on any atom is 0.0724 e. The van der Waals surface area contributed by atoms with Crippen LogP contribution < -0.4 is 0 Å². The lowest BCUT2D eigenvalue weighted by Gasteiger charge is -2.22. The van der Waals surface area contributed by atoms with Crippen LogP contribution in [0.15, 0.2) is 0 Å². The van der Waals surface area contributed by atoms with Crippen molar-refractivity contribution >= 4 is 15.9 Å². The molecule has 0 aromatic rings. The van der Waals surface area contributed by atoms with Crippen molar-refractivity contribution in [2.24, 2.45) is 5.92 Å². The molecule has 0 aliphatic heterocycles. The number of hydrogen-bond acceptors (Lipinski definition) is 2. The molecule has 1 saturated carbocycles. The highest BCUT2D eigenvalue weighted by Crippen LogP contribution is 2.28. The molecule has 1 fully saturated rings. The highest BCUT2D eigenvalue weighted by atomic mass is 79.9. The maximum absolute atomic E-state index is 5.61. The molecule has 3 heteroatoms. The number of rotatable bonds is 7. The second-order valence-corrected chi connectivity index (χ2v) is 4.82. The molecule has 1 aliphatic carbocycles. The van der Waals surface area contributed by atoms with Crippen molar-refractivity contribution in [1.82, 2.24) is 0 Å². The first-order valence-electron chi connectivity index (χ1n) is 4.92. The van der Waals surface area contributed by atoms with Crippen LogP contribution in [0.2, 0.25) is 0 Å². The predicted octanol–water partition coefficient (Wildman–Crippen LogP) is 2.60. The first-order chi connectivity index (χ1) is 6.14. The van der Waals surface area contributed by atoms with Gasteiger partial charge in [0, 0.05) is 11.9 Å². The van der Waals surface area contributed by atoms with Crippen LogP contribution in [0.4, 0.5) is 0 Å². The molecule has 78 valence electrons. The van der Waals surface area contributed by atoms with E-state index in [4.69, 9.17) is 9.47 Å². The average Bonchev–Trinajstić information content (AvgIpc) is 2.87. The zero-order valence-corrected chi connectivity index (χ0v) is 10.1. The van der Waals surface area contributed by atoms with Gasteiger partial charge in [-0.3, -0.25) is 0 Å². The summed E-state index contributed by atoms with van der Waals surface area (Å²) in [7, 11) is 0. The molecule has 0 radical (unpaired) electrons. The summed E-state index contributed by atoms with van der Waals surface area (Å²) in [4.78, 5) is 0. The van der Waals surface area contributed by atoms with Gasteiger partial charge in [-0.15, -0.1) is 0 Å². The Morgan fingerprint density at radius 3 is 2.54 bits per heavy atom. The SMILES string of the molecule is CC(C)(CBr)OCCOCC1CC1. The second-order valence-electron chi connectivity index (χ2n) is 4.26. The zero-order valence-electron chi connectivity index (χ0n) is 8.51. The minimum atomic E-state index is -0.0665. The topological polar surface area (TPSA) is 18.5 Å². The molecular weight excluding hydrogens is 232 g/mol. The first kappa shape index (κ1) is 11.5. The number of halogens is 1. The van der Waals surface area contributed by atoms with E-state index in [1.165, 1.54) is 12.8 Å². The van der Waals surface area contributed by atoms with Crippen LogP contribution in [0, 0.1) is 5.92 Å². The molecule has 0 aromatic heterocycles. The summed E-state index contributed by atoms with van der Waals surface area (Å²) in [6, 6.07) is 0. The molecule has 0 N–H and O–H groups in total. The Morgan fingerprint density at radius 2 is 2.00 bits per heavy atom. The molecule has 2 nitrogen and oxygen atoms in total. The van der Waals surface area contributed by atoms with Crippen molar-refractivity contribution in [3.8, 4) is 0 Å². The van der Waals surface area contributed by atoms with Crippen LogP contribution in [-0.2, 0) is 9.47 Å². The summed E-state index contributed by atoms with van der Waals surface area (Å²) in [5.74, 6) is 0.851. The minimum Gasteiger partial charge on any atom is -0.379 e. The van der Waals surface area contributed by atoms with Crippen LogP contribution in [-0.4, -0.2) is 30.8 Å². The average molecular weight is 251 g/mol. The Hall–Kier alpha value is 0.400. The third-order valence-electron chi connectivity index (χ3n) is 2.09. The summed E-state index contributed by atoms with van der Waals surface area (Å²) < 4.78 is 11.1. The van der Waals surface area contributed by atoms with Gasteiger partial charge in [0.15, 0.2) is 0 Å². The van der Waals surface area contributed by atoms with Gasteiger partial charge in [-0.2, -0.15) is 0 Å². The van der Waals surface area contributed by atoms with Crippen molar-refractivity contribution < 1.29 is 9.47 Å². The van der Waals surface area contributed by atoms with Gasteiger partial charge in [0.1, 0.15) is 0 Å². The van der Waals surface area contributed by atoms with Gasteiger partial charge in [0.2, 0.25) is 0 Å². The van der Waals surface area contributed by atoms with Crippen LogP contribution in [0.3, 0.4) is 0 Å². The lowest BCUT2D eigenvalue weighted by Crippen LogP contribution is -2.28. The van der Waals surface area contributed by atoms with Crippen LogP contribution >= 0.6 is 15.9 Å². The normalized spacial score (nSPS) is 17.8.